The molecule has 2 aromatic heterocycles. The van der Waals surface area contributed by atoms with E-state index in [0.717, 1.165) is 17.1 Å². The molecular weight excluding hydrogens is 212 g/mol. The normalized spacial score (nSPS) is 11.2. The fourth-order valence-electron chi connectivity index (χ4n) is 1.51. The molecule has 0 saturated carbocycles. The number of hydrogen-bond acceptors (Lipinski definition) is 4. The van der Waals surface area contributed by atoms with Crippen LogP contribution in [0.25, 0.3) is 11.3 Å². The van der Waals surface area contributed by atoms with Gasteiger partial charge in [-0.15, -0.1) is 0 Å². The van der Waals surface area contributed by atoms with Gasteiger partial charge in [0.25, 0.3) is 0 Å². The first-order chi connectivity index (χ1) is 8.06. The predicted octanol–water partition coefficient (Wildman–Crippen LogP) is 2.75. The highest BCUT2D eigenvalue weighted by Crippen LogP contribution is 2.24. The second-order valence-corrected chi connectivity index (χ2v) is 4.86. The Morgan fingerprint density at radius 1 is 0.941 bits per heavy atom. The van der Waals surface area contributed by atoms with Crippen molar-refractivity contribution in [2.45, 2.75) is 26.3 Å². The average molecular weight is 228 g/mol. The maximum Gasteiger partial charge on any atom is 0.152 e. The van der Waals surface area contributed by atoms with E-state index in [1.165, 1.54) is 0 Å². The molecule has 0 amide bonds. The standard InChI is InChI=1S/C13H16N4/c1-13(2,3)17-12-11(15-8-9-16-12)10-4-6-14-7-5-10/h4-9H,1-3H3,(H,16,17). The van der Waals surface area contributed by atoms with Gasteiger partial charge in [0.15, 0.2) is 5.82 Å². The second kappa shape index (κ2) is 4.49. The number of hydrogen-bond donors (Lipinski definition) is 1. The van der Waals surface area contributed by atoms with Gasteiger partial charge in [-0.2, -0.15) is 0 Å². The molecule has 1 N–H and O–H groups in total. The summed E-state index contributed by atoms with van der Waals surface area (Å²) in [5.74, 6) is 0.797. The lowest BCUT2D eigenvalue weighted by molar-refractivity contribution is 0.630. The van der Waals surface area contributed by atoms with Crippen LogP contribution in [0.1, 0.15) is 20.8 Å². The van der Waals surface area contributed by atoms with Gasteiger partial charge in [-0.3, -0.25) is 9.97 Å². The Morgan fingerprint density at radius 2 is 1.59 bits per heavy atom. The summed E-state index contributed by atoms with van der Waals surface area (Å²) in [4.78, 5) is 12.7. The van der Waals surface area contributed by atoms with Crippen LogP contribution in [0.15, 0.2) is 36.9 Å². The molecule has 2 aromatic rings. The van der Waals surface area contributed by atoms with Crippen molar-refractivity contribution in [1.82, 2.24) is 15.0 Å². The Morgan fingerprint density at radius 3 is 2.24 bits per heavy atom. The summed E-state index contributed by atoms with van der Waals surface area (Å²) >= 11 is 0. The van der Waals surface area contributed by atoms with Crippen molar-refractivity contribution in [2.75, 3.05) is 5.32 Å². The van der Waals surface area contributed by atoms with Crippen molar-refractivity contribution in [3.63, 3.8) is 0 Å². The molecule has 17 heavy (non-hydrogen) atoms. The molecule has 0 fully saturated rings. The summed E-state index contributed by atoms with van der Waals surface area (Å²) in [6, 6.07) is 3.86. The Labute approximate surface area is 101 Å². The minimum Gasteiger partial charge on any atom is -0.364 e. The molecule has 2 heterocycles. The van der Waals surface area contributed by atoms with Gasteiger partial charge in [0.2, 0.25) is 0 Å². The second-order valence-electron chi connectivity index (χ2n) is 4.86. The van der Waals surface area contributed by atoms with E-state index < -0.39 is 0 Å². The molecule has 0 aliphatic rings. The van der Waals surface area contributed by atoms with E-state index in [4.69, 9.17) is 0 Å². The lowest BCUT2D eigenvalue weighted by Gasteiger charge is -2.22. The van der Waals surface area contributed by atoms with Gasteiger partial charge in [-0.25, -0.2) is 4.98 Å². The van der Waals surface area contributed by atoms with E-state index in [1.54, 1.807) is 24.8 Å². The first kappa shape index (κ1) is 11.5. The molecule has 0 radical (unpaired) electrons. The van der Waals surface area contributed by atoms with Gasteiger partial charge in [0, 0.05) is 35.9 Å². The fraction of sp³-hybridized carbons (Fsp3) is 0.308. The quantitative estimate of drug-likeness (QED) is 0.858. The summed E-state index contributed by atoms with van der Waals surface area (Å²) in [7, 11) is 0. The van der Waals surface area contributed by atoms with E-state index in [0.29, 0.717) is 0 Å². The third kappa shape index (κ3) is 3.00. The van der Waals surface area contributed by atoms with E-state index >= 15 is 0 Å². The maximum atomic E-state index is 4.38. The Kier molecular flexibility index (Phi) is 3.04. The monoisotopic (exact) mass is 228 g/mol. The first-order valence-corrected chi connectivity index (χ1v) is 5.56. The van der Waals surface area contributed by atoms with Crippen LogP contribution >= 0.6 is 0 Å². The Bertz CT molecular complexity index is 488. The summed E-state index contributed by atoms with van der Waals surface area (Å²) in [5, 5.41) is 3.35. The van der Waals surface area contributed by atoms with E-state index in [1.807, 2.05) is 12.1 Å². The molecule has 4 nitrogen and oxygen atoms in total. The lowest BCUT2D eigenvalue weighted by atomic mass is 10.1. The number of rotatable bonds is 2. The molecule has 88 valence electrons. The van der Waals surface area contributed by atoms with Gasteiger partial charge in [0.05, 0.1) is 0 Å². The van der Waals surface area contributed by atoms with Gasteiger partial charge in [-0.05, 0) is 32.9 Å². The van der Waals surface area contributed by atoms with Crippen molar-refractivity contribution in [2.24, 2.45) is 0 Å². The van der Waals surface area contributed by atoms with Crippen LogP contribution in [0, 0.1) is 0 Å². The molecule has 0 aliphatic heterocycles. The van der Waals surface area contributed by atoms with E-state index in [2.05, 4.69) is 41.0 Å². The topological polar surface area (TPSA) is 50.7 Å². The van der Waals surface area contributed by atoms with Crippen molar-refractivity contribution in [3.8, 4) is 11.3 Å². The zero-order chi connectivity index (χ0) is 12.3. The van der Waals surface area contributed by atoms with Crippen LogP contribution in [-0.4, -0.2) is 20.5 Å². The molecule has 0 bridgehead atoms. The van der Waals surface area contributed by atoms with Crippen LogP contribution < -0.4 is 5.32 Å². The van der Waals surface area contributed by atoms with Crippen LogP contribution in [0.4, 0.5) is 5.82 Å². The number of nitrogens with zero attached hydrogens (tertiary/aromatic N) is 3. The third-order valence-corrected chi connectivity index (χ3v) is 2.15. The zero-order valence-electron chi connectivity index (χ0n) is 10.3. The summed E-state index contributed by atoms with van der Waals surface area (Å²) in [5.41, 5.74) is 1.82. The Hall–Kier alpha value is -1.97. The predicted molar refractivity (Wildman–Crippen MR) is 68.6 cm³/mol. The fourth-order valence-corrected chi connectivity index (χ4v) is 1.51. The number of nitrogens with one attached hydrogen (secondary N) is 1. The average Bonchev–Trinajstić information content (AvgIpc) is 2.29. The number of anilines is 1. The van der Waals surface area contributed by atoms with Crippen molar-refractivity contribution in [1.29, 1.82) is 0 Å². The van der Waals surface area contributed by atoms with Gasteiger partial charge < -0.3 is 5.32 Å². The summed E-state index contributed by atoms with van der Waals surface area (Å²) < 4.78 is 0. The highest BCUT2D eigenvalue weighted by molar-refractivity contribution is 5.70. The van der Waals surface area contributed by atoms with Crippen LogP contribution in [0.2, 0.25) is 0 Å². The minimum absolute atomic E-state index is 0.0438. The largest absolute Gasteiger partial charge is 0.364 e. The summed E-state index contributed by atoms with van der Waals surface area (Å²) in [6.45, 7) is 6.29. The van der Waals surface area contributed by atoms with Crippen LogP contribution in [0.3, 0.4) is 0 Å². The maximum absolute atomic E-state index is 4.38. The van der Waals surface area contributed by atoms with Gasteiger partial charge >= 0.3 is 0 Å². The highest BCUT2D eigenvalue weighted by atomic mass is 15.1. The smallest absolute Gasteiger partial charge is 0.152 e. The molecule has 0 aliphatic carbocycles. The molecule has 0 aromatic carbocycles. The molecular formula is C13H16N4. The highest BCUT2D eigenvalue weighted by Gasteiger charge is 2.14. The first-order valence-electron chi connectivity index (χ1n) is 5.56. The third-order valence-electron chi connectivity index (χ3n) is 2.15. The van der Waals surface area contributed by atoms with Gasteiger partial charge in [-0.1, -0.05) is 0 Å². The van der Waals surface area contributed by atoms with Crippen LogP contribution in [0.5, 0.6) is 0 Å². The molecule has 2 rings (SSSR count). The molecule has 0 saturated heterocycles. The Balaban J connectivity index is 2.41. The number of aromatic nitrogens is 3. The molecule has 4 heteroatoms. The molecule has 0 spiro atoms. The molecule has 0 unspecified atom stereocenters. The van der Waals surface area contributed by atoms with Gasteiger partial charge in [0.1, 0.15) is 5.69 Å². The SMILES string of the molecule is CC(C)(C)Nc1nccnc1-c1ccncc1. The van der Waals surface area contributed by atoms with Crippen molar-refractivity contribution < 1.29 is 0 Å². The van der Waals surface area contributed by atoms with Crippen molar-refractivity contribution >= 4 is 5.82 Å². The van der Waals surface area contributed by atoms with Crippen molar-refractivity contribution in [3.05, 3.63) is 36.9 Å². The summed E-state index contributed by atoms with van der Waals surface area (Å²) in [6.07, 6.45) is 6.90. The lowest BCUT2D eigenvalue weighted by Crippen LogP contribution is -2.27. The number of pyridine rings is 1. The van der Waals surface area contributed by atoms with E-state index in [-0.39, 0.29) is 5.54 Å². The molecule has 0 atom stereocenters. The van der Waals surface area contributed by atoms with E-state index in [9.17, 15) is 0 Å². The minimum atomic E-state index is -0.0438. The van der Waals surface area contributed by atoms with Crippen LogP contribution in [-0.2, 0) is 0 Å². The zero-order valence-corrected chi connectivity index (χ0v) is 10.3.